The molecule has 36 heavy (non-hydrogen) atoms. The van der Waals surface area contributed by atoms with Crippen molar-refractivity contribution in [3.8, 4) is 11.4 Å². The summed E-state index contributed by atoms with van der Waals surface area (Å²) in [7, 11) is 0. The minimum Gasteiger partial charge on any atom is -0.388 e. The molecular formula is C26H25ClF2N4O3. The Hall–Kier alpha value is -3.56. The molecule has 2 aromatic heterocycles. The van der Waals surface area contributed by atoms with E-state index in [-0.39, 0.29) is 33.4 Å². The summed E-state index contributed by atoms with van der Waals surface area (Å²) in [4.78, 5) is 29.1. The number of benzene rings is 2. The Morgan fingerprint density at radius 1 is 1.17 bits per heavy atom. The monoisotopic (exact) mass is 514 g/mol. The number of hydrogen-bond acceptors (Lipinski definition) is 4. The molecule has 1 atom stereocenters. The van der Waals surface area contributed by atoms with Gasteiger partial charge in [0.15, 0.2) is 5.82 Å². The smallest absolute Gasteiger partial charge is 0.275 e. The van der Waals surface area contributed by atoms with Crippen molar-refractivity contribution in [2.24, 2.45) is 0 Å². The second-order valence-corrected chi connectivity index (χ2v) is 9.88. The predicted molar refractivity (Wildman–Crippen MR) is 133 cm³/mol. The molecule has 0 saturated carbocycles. The van der Waals surface area contributed by atoms with E-state index in [2.05, 4.69) is 15.4 Å². The SMILES string of the molecule is CC(C)c1c(C(=O)N[C@@H](c2ccc(F)cc2)C(C)(C)O)cn2nc(-c3cc(Cl)ccc3F)[nH]c(=O)c12. The number of aromatic amines is 1. The van der Waals surface area contributed by atoms with Gasteiger partial charge in [0.25, 0.3) is 11.5 Å². The lowest BCUT2D eigenvalue weighted by atomic mass is 9.91. The molecule has 4 aromatic rings. The van der Waals surface area contributed by atoms with Crippen LogP contribution in [0, 0.1) is 11.6 Å². The highest BCUT2D eigenvalue weighted by molar-refractivity contribution is 6.30. The molecule has 0 spiro atoms. The second kappa shape index (κ2) is 9.48. The van der Waals surface area contributed by atoms with Crippen LogP contribution >= 0.6 is 11.6 Å². The molecule has 3 N–H and O–H groups in total. The van der Waals surface area contributed by atoms with Crippen LogP contribution in [0.3, 0.4) is 0 Å². The Labute approximate surface area is 210 Å². The zero-order valence-electron chi connectivity index (χ0n) is 20.1. The van der Waals surface area contributed by atoms with E-state index < -0.39 is 34.7 Å². The van der Waals surface area contributed by atoms with Crippen LogP contribution in [-0.4, -0.2) is 31.2 Å². The minimum absolute atomic E-state index is 0.00528. The van der Waals surface area contributed by atoms with Crippen LogP contribution in [0.25, 0.3) is 16.9 Å². The molecule has 10 heteroatoms. The summed E-state index contributed by atoms with van der Waals surface area (Å²) >= 11 is 5.99. The molecule has 2 heterocycles. The van der Waals surface area contributed by atoms with E-state index in [0.29, 0.717) is 11.1 Å². The molecule has 0 aliphatic heterocycles. The van der Waals surface area contributed by atoms with Crippen molar-refractivity contribution in [1.82, 2.24) is 19.9 Å². The summed E-state index contributed by atoms with van der Waals surface area (Å²) in [5.41, 5.74) is -0.691. The maximum absolute atomic E-state index is 14.4. The summed E-state index contributed by atoms with van der Waals surface area (Å²) < 4.78 is 29.1. The van der Waals surface area contributed by atoms with Crippen molar-refractivity contribution >= 4 is 23.0 Å². The van der Waals surface area contributed by atoms with E-state index in [1.807, 2.05) is 13.8 Å². The molecule has 0 saturated heterocycles. The molecule has 0 unspecified atom stereocenters. The summed E-state index contributed by atoms with van der Waals surface area (Å²) in [6.07, 6.45) is 1.40. The first-order chi connectivity index (χ1) is 16.9. The standard InChI is InChI=1S/C26H25ClF2N4O3/c1-13(2)20-18(24(34)30-22(26(3,4)36)14-5-8-16(28)9-6-14)12-33-21(20)25(35)31-23(32-33)17-11-15(27)7-10-19(17)29/h5-13,22,36H,1-4H3,(H,30,34)(H,31,32,35)/t22-/m0/s1. The second-order valence-electron chi connectivity index (χ2n) is 9.44. The molecule has 0 aliphatic rings. The number of H-pyrrole nitrogens is 1. The number of aliphatic hydroxyl groups is 1. The largest absolute Gasteiger partial charge is 0.388 e. The number of amides is 1. The normalized spacial score (nSPS) is 12.8. The number of nitrogens with one attached hydrogen (secondary N) is 2. The number of fused-ring (bicyclic) bond motifs is 1. The topological polar surface area (TPSA) is 99.5 Å². The van der Waals surface area contributed by atoms with Gasteiger partial charge in [-0.15, -0.1) is 5.10 Å². The van der Waals surface area contributed by atoms with Gasteiger partial charge in [-0.1, -0.05) is 37.6 Å². The van der Waals surface area contributed by atoms with Crippen molar-refractivity contribution in [2.75, 3.05) is 0 Å². The summed E-state index contributed by atoms with van der Waals surface area (Å²) in [6.45, 7) is 6.70. The van der Waals surface area contributed by atoms with Crippen LogP contribution in [0.4, 0.5) is 8.78 Å². The maximum Gasteiger partial charge on any atom is 0.275 e. The first-order valence-corrected chi connectivity index (χ1v) is 11.6. The van der Waals surface area contributed by atoms with Gasteiger partial charge in [0.1, 0.15) is 17.2 Å². The van der Waals surface area contributed by atoms with Crippen molar-refractivity contribution in [2.45, 2.75) is 45.3 Å². The summed E-state index contributed by atoms with van der Waals surface area (Å²) in [6, 6.07) is 8.47. The number of aromatic nitrogens is 3. The van der Waals surface area contributed by atoms with Gasteiger partial charge in [-0.05, 0) is 55.7 Å². The number of carbonyl (C=O) groups is 1. The lowest BCUT2D eigenvalue weighted by Gasteiger charge is -2.30. The molecular weight excluding hydrogens is 490 g/mol. The predicted octanol–water partition coefficient (Wildman–Crippen LogP) is 4.99. The molecule has 188 valence electrons. The van der Waals surface area contributed by atoms with Gasteiger partial charge in [-0.2, -0.15) is 0 Å². The molecule has 0 bridgehead atoms. The van der Waals surface area contributed by atoms with Gasteiger partial charge >= 0.3 is 0 Å². The number of hydrogen-bond donors (Lipinski definition) is 3. The van der Waals surface area contributed by atoms with Crippen molar-refractivity contribution < 1.29 is 18.7 Å². The maximum atomic E-state index is 14.4. The van der Waals surface area contributed by atoms with Crippen LogP contribution in [0.5, 0.6) is 0 Å². The fourth-order valence-corrected chi connectivity index (χ4v) is 4.38. The van der Waals surface area contributed by atoms with Crippen LogP contribution in [0.15, 0.2) is 53.5 Å². The number of carbonyl (C=O) groups excluding carboxylic acids is 1. The summed E-state index contributed by atoms with van der Waals surface area (Å²) in [5.74, 6) is -1.93. The first-order valence-electron chi connectivity index (χ1n) is 11.3. The third-order valence-electron chi connectivity index (χ3n) is 5.87. The van der Waals surface area contributed by atoms with Crippen LogP contribution in [0.1, 0.15) is 61.1 Å². The van der Waals surface area contributed by atoms with Crippen LogP contribution in [-0.2, 0) is 0 Å². The number of nitrogens with zero attached hydrogens (tertiary/aromatic N) is 2. The summed E-state index contributed by atoms with van der Waals surface area (Å²) in [5, 5.41) is 18.2. The highest BCUT2D eigenvalue weighted by atomic mass is 35.5. The van der Waals surface area contributed by atoms with E-state index in [1.165, 1.54) is 67.0 Å². The quantitative estimate of drug-likeness (QED) is 0.337. The molecule has 4 rings (SSSR count). The lowest BCUT2D eigenvalue weighted by Crippen LogP contribution is -2.42. The van der Waals surface area contributed by atoms with Gasteiger partial charge in [0.05, 0.1) is 22.8 Å². The third kappa shape index (κ3) is 4.89. The van der Waals surface area contributed by atoms with Crippen LogP contribution < -0.4 is 10.9 Å². The fourth-order valence-electron chi connectivity index (χ4n) is 4.21. The van der Waals surface area contributed by atoms with Crippen LogP contribution in [0.2, 0.25) is 5.02 Å². The van der Waals surface area contributed by atoms with Crippen molar-refractivity contribution in [3.63, 3.8) is 0 Å². The van der Waals surface area contributed by atoms with E-state index >= 15 is 0 Å². The van der Waals surface area contributed by atoms with E-state index in [9.17, 15) is 23.5 Å². The van der Waals surface area contributed by atoms with Gasteiger partial charge in [0.2, 0.25) is 0 Å². The number of rotatable bonds is 6. The van der Waals surface area contributed by atoms with Crippen molar-refractivity contribution in [1.29, 1.82) is 0 Å². The highest BCUT2D eigenvalue weighted by Crippen LogP contribution is 2.30. The Kier molecular flexibility index (Phi) is 6.72. The average Bonchev–Trinajstić information content (AvgIpc) is 3.19. The first kappa shape index (κ1) is 25.5. The van der Waals surface area contributed by atoms with Gasteiger partial charge in [-0.3, -0.25) is 9.59 Å². The Morgan fingerprint density at radius 2 is 1.83 bits per heavy atom. The highest BCUT2D eigenvalue weighted by Gasteiger charge is 2.32. The average molecular weight is 515 g/mol. The third-order valence-corrected chi connectivity index (χ3v) is 6.11. The van der Waals surface area contributed by atoms with E-state index in [1.54, 1.807) is 0 Å². The van der Waals surface area contributed by atoms with E-state index in [0.717, 1.165) is 0 Å². The van der Waals surface area contributed by atoms with Crippen molar-refractivity contribution in [3.05, 3.63) is 92.4 Å². The molecule has 0 aliphatic carbocycles. The molecule has 7 nitrogen and oxygen atoms in total. The Balaban J connectivity index is 1.82. The lowest BCUT2D eigenvalue weighted by molar-refractivity contribution is 0.0343. The van der Waals surface area contributed by atoms with E-state index in [4.69, 9.17) is 11.6 Å². The Morgan fingerprint density at radius 3 is 2.44 bits per heavy atom. The van der Waals surface area contributed by atoms with Gasteiger partial charge < -0.3 is 15.4 Å². The van der Waals surface area contributed by atoms with Gasteiger partial charge in [-0.25, -0.2) is 13.3 Å². The van der Waals surface area contributed by atoms with Gasteiger partial charge in [0, 0.05) is 16.8 Å². The zero-order chi connectivity index (χ0) is 26.4. The molecule has 0 radical (unpaired) electrons. The molecule has 2 aromatic carbocycles. The minimum atomic E-state index is -1.39. The fraction of sp³-hybridized carbons (Fsp3) is 0.269. The Bertz CT molecular complexity index is 1500. The zero-order valence-corrected chi connectivity index (χ0v) is 20.8. The molecule has 1 amide bonds. The number of halogens is 3. The molecule has 0 fully saturated rings.